The standard InChI is InChI=1S/C15H14/c1-11-9-14-10-13(7-8-15(11)14)12-5-3-2-4-6-12/h2-8,10-11H,9H2,1H3. The Morgan fingerprint density at radius 1 is 0.933 bits per heavy atom. The van der Waals surface area contributed by atoms with Gasteiger partial charge in [0.15, 0.2) is 0 Å². The molecule has 2 aromatic carbocycles. The van der Waals surface area contributed by atoms with Crippen LogP contribution in [0.5, 0.6) is 0 Å². The molecule has 3 rings (SSSR count). The molecule has 2 aromatic rings. The van der Waals surface area contributed by atoms with E-state index in [2.05, 4.69) is 55.5 Å². The van der Waals surface area contributed by atoms with Crippen LogP contribution in [0.2, 0.25) is 0 Å². The van der Waals surface area contributed by atoms with Crippen molar-refractivity contribution in [3.63, 3.8) is 0 Å². The molecule has 0 heteroatoms. The normalized spacial score (nSPS) is 18.1. The molecular weight excluding hydrogens is 180 g/mol. The summed E-state index contributed by atoms with van der Waals surface area (Å²) in [4.78, 5) is 0. The Kier molecular flexibility index (Phi) is 1.88. The summed E-state index contributed by atoms with van der Waals surface area (Å²) in [5.41, 5.74) is 5.74. The van der Waals surface area contributed by atoms with Gasteiger partial charge in [0.1, 0.15) is 0 Å². The maximum Gasteiger partial charge on any atom is -0.0147 e. The van der Waals surface area contributed by atoms with E-state index >= 15 is 0 Å². The van der Waals surface area contributed by atoms with Gasteiger partial charge < -0.3 is 0 Å². The quantitative estimate of drug-likeness (QED) is 0.643. The van der Waals surface area contributed by atoms with Gasteiger partial charge in [0.25, 0.3) is 0 Å². The van der Waals surface area contributed by atoms with E-state index in [1.54, 1.807) is 0 Å². The largest absolute Gasteiger partial charge is 0.0622 e. The highest BCUT2D eigenvalue weighted by atomic mass is 14.3. The van der Waals surface area contributed by atoms with Crippen LogP contribution in [0.1, 0.15) is 24.0 Å². The van der Waals surface area contributed by atoms with Crippen molar-refractivity contribution >= 4 is 0 Å². The number of hydrogen-bond donors (Lipinski definition) is 0. The molecule has 0 saturated heterocycles. The van der Waals surface area contributed by atoms with Crippen molar-refractivity contribution in [1.29, 1.82) is 0 Å². The first kappa shape index (κ1) is 8.72. The van der Waals surface area contributed by atoms with Crippen LogP contribution in [0.3, 0.4) is 0 Å². The first-order chi connectivity index (χ1) is 7.34. The Bertz CT molecular complexity index is 483. The molecule has 1 aliphatic rings. The minimum atomic E-state index is 0.768. The molecule has 15 heavy (non-hydrogen) atoms. The third-order valence-electron chi connectivity index (χ3n) is 3.31. The Morgan fingerprint density at radius 2 is 1.73 bits per heavy atom. The summed E-state index contributed by atoms with van der Waals surface area (Å²) in [5, 5.41) is 0. The van der Waals surface area contributed by atoms with Crippen molar-refractivity contribution < 1.29 is 0 Å². The zero-order valence-electron chi connectivity index (χ0n) is 8.90. The molecule has 0 aromatic heterocycles. The monoisotopic (exact) mass is 194 g/mol. The van der Waals surface area contributed by atoms with Gasteiger partial charge in [-0.1, -0.05) is 55.5 Å². The van der Waals surface area contributed by atoms with Crippen molar-refractivity contribution in [2.75, 3.05) is 0 Å². The highest BCUT2D eigenvalue weighted by Gasteiger charge is 2.21. The van der Waals surface area contributed by atoms with Crippen molar-refractivity contribution in [3.05, 3.63) is 59.7 Å². The van der Waals surface area contributed by atoms with Gasteiger partial charge in [0, 0.05) is 0 Å². The molecule has 0 saturated carbocycles. The van der Waals surface area contributed by atoms with E-state index in [4.69, 9.17) is 0 Å². The average molecular weight is 194 g/mol. The van der Waals surface area contributed by atoms with Crippen molar-refractivity contribution in [1.82, 2.24) is 0 Å². The summed E-state index contributed by atoms with van der Waals surface area (Å²) >= 11 is 0. The maximum absolute atomic E-state index is 2.34. The van der Waals surface area contributed by atoms with E-state index in [0.29, 0.717) is 0 Å². The molecule has 0 aliphatic heterocycles. The van der Waals surface area contributed by atoms with Crippen LogP contribution in [0, 0.1) is 0 Å². The van der Waals surface area contributed by atoms with Crippen molar-refractivity contribution in [3.8, 4) is 11.1 Å². The second kappa shape index (κ2) is 3.23. The van der Waals surface area contributed by atoms with Gasteiger partial charge in [0.05, 0.1) is 0 Å². The summed E-state index contributed by atoms with van der Waals surface area (Å²) < 4.78 is 0. The molecule has 0 nitrogen and oxygen atoms in total. The van der Waals surface area contributed by atoms with E-state index < -0.39 is 0 Å². The lowest BCUT2D eigenvalue weighted by Gasteiger charge is -2.27. The van der Waals surface area contributed by atoms with Gasteiger partial charge in [-0.05, 0) is 34.6 Å². The fourth-order valence-corrected chi connectivity index (χ4v) is 2.38. The molecule has 0 spiro atoms. The lowest BCUT2D eigenvalue weighted by atomic mass is 9.78. The van der Waals surface area contributed by atoms with Gasteiger partial charge in [-0.25, -0.2) is 0 Å². The van der Waals surface area contributed by atoms with Crippen LogP contribution in [-0.2, 0) is 6.42 Å². The minimum absolute atomic E-state index is 0.768. The van der Waals surface area contributed by atoms with Gasteiger partial charge in [-0.15, -0.1) is 0 Å². The van der Waals surface area contributed by atoms with E-state index in [-0.39, 0.29) is 0 Å². The highest BCUT2D eigenvalue weighted by molar-refractivity contribution is 5.66. The molecule has 1 atom stereocenters. The summed E-state index contributed by atoms with van der Waals surface area (Å²) in [6.45, 7) is 2.30. The molecule has 1 aliphatic carbocycles. The molecular formula is C15H14. The van der Waals surface area contributed by atoms with Crippen molar-refractivity contribution in [2.24, 2.45) is 0 Å². The van der Waals surface area contributed by atoms with Crippen LogP contribution >= 0.6 is 0 Å². The van der Waals surface area contributed by atoms with Gasteiger partial charge >= 0.3 is 0 Å². The molecule has 0 heterocycles. The first-order valence-electron chi connectivity index (χ1n) is 5.53. The smallest absolute Gasteiger partial charge is 0.0147 e. The van der Waals surface area contributed by atoms with Crippen LogP contribution in [0.25, 0.3) is 11.1 Å². The van der Waals surface area contributed by atoms with E-state index in [9.17, 15) is 0 Å². The van der Waals surface area contributed by atoms with Crippen LogP contribution in [0.4, 0.5) is 0 Å². The molecule has 0 radical (unpaired) electrons. The number of fused-ring (bicyclic) bond motifs is 1. The third-order valence-corrected chi connectivity index (χ3v) is 3.31. The molecule has 0 amide bonds. The first-order valence-corrected chi connectivity index (χ1v) is 5.53. The van der Waals surface area contributed by atoms with E-state index in [1.807, 2.05) is 0 Å². The van der Waals surface area contributed by atoms with Crippen LogP contribution < -0.4 is 0 Å². The summed E-state index contributed by atoms with van der Waals surface area (Å²) in [7, 11) is 0. The zero-order valence-corrected chi connectivity index (χ0v) is 8.90. The summed E-state index contributed by atoms with van der Waals surface area (Å²) in [6.07, 6.45) is 1.25. The van der Waals surface area contributed by atoms with Gasteiger partial charge in [-0.3, -0.25) is 0 Å². The maximum atomic E-state index is 2.34. The molecule has 0 fully saturated rings. The van der Waals surface area contributed by atoms with E-state index in [1.165, 1.54) is 28.7 Å². The summed E-state index contributed by atoms with van der Waals surface area (Å²) in [6, 6.07) is 17.5. The Balaban J connectivity index is 2.05. The summed E-state index contributed by atoms with van der Waals surface area (Å²) in [5.74, 6) is 0.768. The predicted molar refractivity (Wildman–Crippen MR) is 64.0 cm³/mol. The lowest BCUT2D eigenvalue weighted by Crippen LogP contribution is -2.13. The van der Waals surface area contributed by atoms with Gasteiger partial charge in [0.2, 0.25) is 0 Å². The third kappa shape index (κ3) is 1.37. The lowest BCUT2D eigenvalue weighted by molar-refractivity contribution is 0.668. The zero-order chi connectivity index (χ0) is 10.3. The fourth-order valence-electron chi connectivity index (χ4n) is 2.38. The Morgan fingerprint density at radius 3 is 2.40 bits per heavy atom. The number of hydrogen-bond acceptors (Lipinski definition) is 0. The Hall–Kier alpha value is -1.56. The number of rotatable bonds is 1. The second-order valence-electron chi connectivity index (χ2n) is 4.38. The number of benzene rings is 2. The Labute approximate surface area is 90.6 Å². The molecule has 1 unspecified atom stereocenters. The molecule has 0 bridgehead atoms. The predicted octanol–water partition coefficient (Wildman–Crippen LogP) is 4.01. The van der Waals surface area contributed by atoms with Gasteiger partial charge in [-0.2, -0.15) is 0 Å². The molecule has 74 valence electrons. The fraction of sp³-hybridized carbons (Fsp3) is 0.200. The minimum Gasteiger partial charge on any atom is -0.0622 e. The SMILES string of the molecule is CC1Cc2cc(-c3ccccc3)ccc21. The topological polar surface area (TPSA) is 0 Å². The second-order valence-corrected chi connectivity index (χ2v) is 4.38. The van der Waals surface area contributed by atoms with E-state index in [0.717, 1.165) is 5.92 Å². The van der Waals surface area contributed by atoms with Crippen LogP contribution in [-0.4, -0.2) is 0 Å². The molecule has 0 N–H and O–H groups in total. The van der Waals surface area contributed by atoms with Crippen LogP contribution in [0.15, 0.2) is 48.5 Å². The average Bonchev–Trinajstić information content (AvgIpc) is 2.28. The highest BCUT2D eigenvalue weighted by Crippen LogP contribution is 2.36. The van der Waals surface area contributed by atoms with Crippen molar-refractivity contribution in [2.45, 2.75) is 19.3 Å².